The molecule has 0 N–H and O–H groups in total. The van der Waals surface area contributed by atoms with E-state index in [0.29, 0.717) is 38.5 Å². The Balaban J connectivity index is 1.57. The zero-order chi connectivity index (χ0) is 21.4. The van der Waals surface area contributed by atoms with Gasteiger partial charge in [0.15, 0.2) is 0 Å². The van der Waals surface area contributed by atoms with E-state index in [1.54, 1.807) is 24.3 Å². The predicted octanol–water partition coefficient (Wildman–Crippen LogP) is 2.86. The number of benzene rings is 2. The first-order valence-electron chi connectivity index (χ1n) is 9.73. The first kappa shape index (κ1) is 22.0. The predicted molar refractivity (Wildman–Crippen MR) is 112 cm³/mol. The summed E-state index contributed by atoms with van der Waals surface area (Å²) in [6, 6.07) is 13.8. The lowest BCUT2D eigenvalue weighted by molar-refractivity contribution is -0.138. The van der Waals surface area contributed by atoms with Gasteiger partial charge in [0.25, 0.3) is 0 Å². The molecule has 0 bridgehead atoms. The van der Waals surface area contributed by atoms with Crippen molar-refractivity contribution in [1.29, 1.82) is 0 Å². The Kier molecular flexibility index (Phi) is 7.62. The minimum Gasteiger partial charge on any atom is -0.494 e. The van der Waals surface area contributed by atoms with Crippen LogP contribution < -0.4 is 4.74 Å². The Morgan fingerprint density at radius 2 is 1.87 bits per heavy atom. The highest BCUT2D eigenvalue weighted by Gasteiger charge is 2.26. The van der Waals surface area contributed by atoms with Crippen molar-refractivity contribution in [2.75, 3.05) is 32.9 Å². The quantitative estimate of drug-likeness (QED) is 0.472. The van der Waals surface area contributed by atoms with Gasteiger partial charge in [-0.2, -0.15) is 4.31 Å². The van der Waals surface area contributed by atoms with Crippen molar-refractivity contribution in [2.45, 2.75) is 18.4 Å². The van der Waals surface area contributed by atoms with E-state index in [4.69, 9.17) is 14.2 Å². The van der Waals surface area contributed by atoms with Gasteiger partial charge in [0, 0.05) is 19.2 Å². The van der Waals surface area contributed by atoms with Gasteiger partial charge in [-0.3, -0.25) is 0 Å². The second-order valence-corrected chi connectivity index (χ2v) is 8.54. The first-order valence-corrected chi connectivity index (χ1v) is 11.2. The zero-order valence-corrected chi connectivity index (χ0v) is 17.6. The minimum absolute atomic E-state index is 0.0150. The fraction of sp³-hybridized carbons (Fsp3) is 0.318. The number of ether oxygens (including phenoxy) is 3. The summed E-state index contributed by atoms with van der Waals surface area (Å²) in [5.41, 5.74) is 1.45. The second kappa shape index (κ2) is 10.4. The van der Waals surface area contributed by atoms with E-state index in [2.05, 4.69) is 0 Å². The third kappa shape index (κ3) is 5.91. The molecular formula is C22H25NO6S. The summed E-state index contributed by atoms with van der Waals surface area (Å²) < 4.78 is 42.7. The first-order chi connectivity index (χ1) is 14.5. The molecule has 0 aromatic heterocycles. The summed E-state index contributed by atoms with van der Waals surface area (Å²) in [7, 11) is -3.59. The Bertz CT molecular complexity index is 979. The normalized spacial score (nSPS) is 15.2. The number of hydrogen-bond acceptors (Lipinski definition) is 6. The molecule has 0 spiro atoms. The molecule has 160 valence electrons. The lowest BCUT2D eigenvalue weighted by Gasteiger charge is -2.26. The number of morpholine rings is 1. The number of carbonyl (C=O) groups excluding carboxylic acids is 1. The number of esters is 1. The van der Waals surface area contributed by atoms with Crippen LogP contribution in [-0.2, 0) is 30.9 Å². The average molecular weight is 432 g/mol. The number of nitrogens with zero attached hydrogens (tertiary/aromatic N) is 1. The van der Waals surface area contributed by atoms with E-state index in [9.17, 15) is 13.2 Å². The summed E-state index contributed by atoms with van der Waals surface area (Å²) in [5, 5.41) is 0. The largest absolute Gasteiger partial charge is 0.494 e. The van der Waals surface area contributed by atoms with E-state index in [1.165, 1.54) is 16.4 Å². The van der Waals surface area contributed by atoms with Crippen LogP contribution in [0.4, 0.5) is 0 Å². The molecule has 3 rings (SSSR count). The number of hydrogen-bond donors (Lipinski definition) is 0. The highest BCUT2D eigenvalue weighted by atomic mass is 32.2. The molecule has 1 fully saturated rings. The van der Waals surface area contributed by atoms with Crippen molar-refractivity contribution < 1.29 is 27.4 Å². The third-order valence-electron chi connectivity index (χ3n) is 4.49. The Hall–Kier alpha value is -2.68. The van der Waals surface area contributed by atoms with E-state index in [-0.39, 0.29) is 11.5 Å². The summed E-state index contributed by atoms with van der Waals surface area (Å²) in [5.74, 6) is 0.259. The summed E-state index contributed by atoms with van der Waals surface area (Å²) in [4.78, 5) is 12.2. The lowest BCUT2D eigenvalue weighted by atomic mass is 10.2. The molecule has 0 radical (unpaired) electrons. The Morgan fingerprint density at radius 3 is 2.57 bits per heavy atom. The zero-order valence-electron chi connectivity index (χ0n) is 16.8. The maximum absolute atomic E-state index is 12.7. The average Bonchev–Trinajstić information content (AvgIpc) is 2.78. The molecule has 1 saturated heterocycles. The fourth-order valence-electron chi connectivity index (χ4n) is 2.94. The fourth-order valence-corrected chi connectivity index (χ4v) is 4.42. The molecular weight excluding hydrogens is 406 g/mol. The molecule has 2 aromatic rings. The maximum atomic E-state index is 12.7. The lowest BCUT2D eigenvalue weighted by Crippen LogP contribution is -2.40. The Morgan fingerprint density at radius 1 is 1.13 bits per heavy atom. The van der Waals surface area contributed by atoms with Gasteiger partial charge < -0.3 is 14.2 Å². The van der Waals surface area contributed by atoms with Crippen LogP contribution in [0.5, 0.6) is 5.75 Å². The van der Waals surface area contributed by atoms with Crippen molar-refractivity contribution in [3.63, 3.8) is 0 Å². The van der Waals surface area contributed by atoms with Crippen LogP contribution in [0.25, 0.3) is 6.08 Å². The molecule has 7 nitrogen and oxygen atoms in total. The van der Waals surface area contributed by atoms with Gasteiger partial charge in [0.05, 0.1) is 24.7 Å². The smallest absolute Gasteiger partial charge is 0.331 e. The van der Waals surface area contributed by atoms with Gasteiger partial charge >= 0.3 is 5.97 Å². The molecule has 0 saturated carbocycles. The van der Waals surface area contributed by atoms with Crippen LogP contribution in [0.15, 0.2) is 59.5 Å². The highest BCUT2D eigenvalue weighted by Crippen LogP contribution is 2.19. The molecule has 1 heterocycles. The van der Waals surface area contributed by atoms with Crippen molar-refractivity contribution in [2.24, 2.45) is 0 Å². The summed E-state index contributed by atoms with van der Waals surface area (Å²) in [6.07, 6.45) is 2.99. The number of rotatable bonds is 8. The van der Waals surface area contributed by atoms with Gasteiger partial charge in [-0.05, 0) is 48.4 Å². The van der Waals surface area contributed by atoms with Crippen LogP contribution in [0.3, 0.4) is 0 Å². The third-order valence-corrected chi connectivity index (χ3v) is 6.38. The van der Waals surface area contributed by atoms with Gasteiger partial charge in [-0.25, -0.2) is 13.2 Å². The van der Waals surface area contributed by atoms with Crippen molar-refractivity contribution >= 4 is 22.1 Å². The van der Waals surface area contributed by atoms with Crippen LogP contribution in [0.2, 0.25) is 0 Å². The van der Waals surface area contributed by atoms with Gasteiger partial charge in [0.1, 0.15) is 12.4 Å². The second-order valence-electron chi connectivity index (χ2n) is 6.61. The topological polar surface area (TPSA) is 82.1 Å². The van der Waals surface area contributed by atoms with E-state index in [1.807, 2.05) is 31.2 Å². The standard InChI is InChI=1S/C22H25NO6S/c1-2-28-20-9-6-18(7-10-20)8-11-22(24)29-17-19-4-3-5-21(16-19)30(25,26)23-12-14-27-15-13-23/h3-11,16H,2,12-15,17H2,1H3/b11-8+. The van der Waals surface area contributed by atoms with E-state index in [0.717, 1.165) is 11.3 Å². The molecule has 8 heteroatoms. The van der Waals surface area contributed by atoms with Crippen LogP contribution >= 0.6 is 0 Å². The van der Waals surface area contributed by atoms with Gasteiger partial charge in [-0.1, -0.05) is 24.3 Å². The van der Waals surface area contributed by atoms with E-state index < -0.39 is 16.0 Å². The molecule has 2 aromatic carbocycles. The SMILES string of the molecule is CCOc1ccc(/C=C/C(=O)OCc2cccc(S(=O)(=O)N3CCOCC3)c2)cc1. The van der Waals surface area contributed by atoms with E-state index >= 15 is 0 Å². The Labute approximate surface area is 176 Å². The van der Waals surface area contributed by atoms with Crippen LogP contribution in [0, 0.1) is 0 Å². The number of carbonyl (C=O) groups is 1. The molecule has 1 aliphatic rings. The monoisotopic (exact) mass is 431 g/mol. The van der Waals surface area contributed by atoms with Crippen molar-refractivity contribution in [3.8, 4) is 5.75 Å². The molecule has 1 aliphatic heterocycles. The molecule has 0 atom stereocenters. The molecule has 0 unspecified atom stereocenters. The van der Waals surface area contributed by atoms with Crippen molar-refractivity contribution in [3.05, 3.63) is 65.7 Å². The van der Waals surface area contributed by atoms with Crippen molar-refractivity contribution in [1.82, 2.24) is 4.31 Å². The maximum Gasteiger partial charge on any atom is 0.331 e. The van der Waals surface area contributed by atoms with Gasteiger partial charge in [-0.15, -0.1) is 0 Å². The molecule has 0 aliphatic carbocycles. The van der Waals surface area contributed by atoms with Crippen LogP contribution in [0.1, 0.15) is 18.1 Å². The minimum atomic E-state index is -3.59. The highest BCUT2D eigenvalue weighted by molar-refractivity contribution is 7.89. The summed E-state index contributed by atoms with van der Waals surface area (Å²) in [6.45, 7) is 3.93. The van der Waals surface area contributed by atoms with Crippen LogP contribution in [-0.4, -0.2) is 51.6 Å². The molecule has 30 heavy (non-hydrogen) atoms. The molecule has 0 amide bonds. The van der Waals surface area contributed by atoms with Gasteiger partial charge in [0.2, 0.25) is 10.0 Å². The summed E-state index contributed by atoms with van der Waals surface area (Å²) >= 11 is 0. The number of sulfonamides is 1.